The quantitative estimate of drug-likeness (QED) is 0.459. The first-order chi connectivity index (χ1) is 14.6. The molecule has 1 aromatic heterocycles. The van der Waals surface area contributed by atoms with Gasteiger partial charge in [0, 0.05) is 34.3 Å². The molecule has 2 heterocycles. The second-order valence-corrected chi connectivity index (χ2v) is 8.84. The van der Waals surface area contributed by atoms with Gasteiger partial charge in [-0.15, -0.1) is 0 Å². The van der Waals surface area contributed by atoms with Crippen molar-refractivity contribution in [2.24, 2.45) is 0 Å². The zero-order chi connectivity index (χ0) is 20.9. The normalized spacial score (nSPS) is 16.0. The SMILES string of the molecule is O=C(CSc1nc(-c2ccc(Cl)cc2)[nH]c1-c1ccc(Cl)cc1)NCC1CCCO1. The van der Waals surface area contributed by atoms with Crippen molar-refractivity contribution in [3.05, 3.63) is 58.6 Å². The summed E-state index contributed by atoms with van der Waals surface area (Å²) in [6.45, 7) is 1.33. The van der Waals surface area contributed by atoms with Crippen LogP contribution in [0.15, 0.2) is 53.6 Å². The van der Waals surface area contributed by atoms with E-state index in [1.54, 1.807) is 0 Å². The molecule has 0 bridgehead atoms. The number of ether oxygens (including phenoxy) is 1. The van der Waals surface area contributed by atoms with E-state index in [1.165, 1.54) is 11.8 Å². The number of nitrogens with one attached hydrogen (secondary N) is 2. The third-order valence-corrected chi connectivity index (χ3v) is 6.29. The first-order valence-corrected chi connectivity index (χ1v) is 11.5. The number of amides is 1. The molecular formula is C22H21Cl2N3O2S. The molecule has 0 radical (unpaired) electrons. The second-order valence-electron chi connectivity index (χ2n) is 7.01. The average molecular weight is 462 g/mol. The van der Waals surface area contributed by atoms with Gasteiger partial charge in [-0.2, -0.15) is 0 Å². The zero-order valence-corrected chi connectivity index (χ0v) is 18.5. The van der Waals surface area contributed by atoms with Crippen molar-refractivity contribution in [1.29, 1.82) is 0 Å². The van der Waals surface area contributed by atoms with Crippen molar-refractivity contribution in [3.63, 3.8) is 0 Å². The van der Waals surface area contributed by atoms with Gasteiger partial charge in [-0.3, -0.25) is 4.79 Å². The van der Waals surface area contributed by atoms with Crippen molar-refractivity contribution in [2.75, 3.05) is 18.9 Å². The molecule has 1 atom stereocenters. The van der Waals surface area contributed by atoms with Crippen LogP contribution < -0.4 is 5.32 Å². The Morgan fingerprint density at radius 2 is 1.77 bits per heavy atom. The predicted molar refractivity (Wildman–Crippen MR) is 122 cm³/mol. The number of aromatic amines is 1. The van der Waals surface area contributed by atoms with E-state index in [-0.39, 0.29) is 17.8 Å². The van der Waals surface area contributed by atoms with E-state index >= 15 is 0 Å². The molecule has 0 aliphatic carbocycles. The van der Waals surface area contributed by atoms with Gasteiger partial charge in [0.05, 0.1) is 17.6 Å². The lowest BCUT2D eigenvalue weighted by molar-refractivity contribution is -0.119. The minimum atomic E-state index is -0.0337. The highest BCUT2D eigenvalue weighted by molar-refractivity contribution is 8.00. The summed E-state index contributed by atoms with van der Waals surface area (Å²) >= 11 is 13.4. The van der Waals surface area contributed by atoms with Crippen molar-refractivity contribution < 1.29 is 9.53 Å². The Hall–Kier alpha value is -1.99. The van der Waals surface area contributed by atoms with E-state index in [9.17, 15) is 4.79 Å². The molecule has 1 fully saturated rings. The summed E-state index contributed by atoms with van der Waals surface area (Å²) in [6, 6.07) is 15.0. The summed E-state index contributed by atoms with van der Waals surface area (Å²) < 4.78 is 5.55. The molecule has 2 aromatic carbocycles. The van der Waals surface area contributed by atoms with Crippen LogP contribution in [0.3, 0.4) is 0 Å². The Balaban J connectivity index is 1.51. The molecular weight excluding hydrogens is 441 g/mol. The number of halogens is 2. The van der Waals surface area contributed by atoms with E-state index in [0.29, 0.717) is 16.6 Å². The van der Waals surface area contributed by atoms with E-state index in [1.807, 2.05) is 48.5 Å². The first kappa shape index (κ1) is 21.2. The van der Waals surface area contributed by atoms with Crippen LogP contribution in [0.2, 0.25) is 10.0 Å². The lowest BCUT2D eigenvalue weighted by atomic mass is 10.2. The van der Waals surface area contributed by atoms with Crippen LogP contribution in [0.4, 0.5) is 0 Å². The van der Waals surface area contributed by atoms with E-state index in [4.69, 9.17) is 32.9 Å². The zero-order valence-electron chi connectivity index (χ0n) is 16.2. The van der Waals surface area contributed by atoms with Gasteiger partial charge in [-0.05, 0) is 49.2 Å². The summed E-state index contributed by atoms with van der Waals surface area (Å²) in [5.74, 6) is 0.963. The lowest BCUT2D eigenvalue weighted by Gasteiger charge is -2.10. The smallest absolute Gasteiger partial charge is 0.230 e. The van der Waals surface area contributed by atoms with E-state index in [2.05, 4.69) is 10.3 Å². The Kier molecular flexibility index (Phi) is 7.00. The molecule has 1 aliphatic heterocycles. The van der Waals surface area contributed by atoms with Gasteiger partial charge in [0.25, 0.3) is 0 Å². The maximum atomic E-state index is 12.3. The van der Waals surface area contributed by atoms with Crippen LogP contribution in [-0.4, -0.2) is 40.9 Å². The van der Waals surface area contributed by atoms with Crippen LogP contribution in [-0.2, 0) is 9.53 Å². The maximum Gasteiger partial charge on any atom is 0.230 e. The van der Waals surface area contributed by atoms with Gasteiger partial charge in [0.2, 0.25) is 5.91 Å². The third kappa shape index (κ3) is 5.38. The van der Waals surface area contributed by atoms with Crippen molar-refractivity contribution in [2.45, 2.75) is 24.0 Å². The minimum absolute atomic E-state index is 0.0337. The van der Waals surface area contributed by atoms with Gasteiger partial charge in [-0.1, -0.05) is 47.1 Å². The average Bonchev–Trinajstić information content (AvgIpc) is 3.42. The van der Waals surface area contributed by atoms with Crippen molar-refractivity contribution >= 4 is 40.9 Å². The highest BCUT2D eigenvalue weighted by Gasteiger charge is 2.18. The highest BCUT2D eigenvalue weighted by Crippen LogP contribution is 2.33. The summed E-state index contributed by atoms with van der Waals surface area (Å²) in [5.41, 5.74) is 2.73. The molecule has 2 N–H and O–H groups in total. The number of aromatic nitrogens is 2. The number of imidazole rings is 1. The Morgan fingerprint density at radius 1 is 1.10 bits per heavy atom. The standard InChI is InChI=1S/C22H21Cl2N3O2S/c23-16-7-3-14(4-8-16)20-22(27-21(26-20)15-5-9-17(24)10-6-15)30-13-19(28)25-12-18-2-1-11-29-18/h3-10,18H,1-2,11-13H2,(H,25,28)(H,26,27). The molecule has 4 rings (SSSR count). The fraction of sp³-hybridized carbons (Fsp3) is 0.273. The molecule has 1 aliphatic rings. The second kappa shape index (κ2) is 9.88. The minimum Gasteiger partial charge on any atom is -0.376 e. The number of carbonyl (C=O) groups excluding carboxylic acids is 1. The van der Waals surface area contributed by atoms with Gasteiger partial charge in [0.1, 0.15) is 10.9 Å². The predicted octanol–water partition coefficient (Wildman–Crippen LogP) is 5.44. The monoisotopic (exact) mass is 461 g/mol. The molecule has 8 heteroatoms. The van der Waals surface area contributed by atoms with Crippen molar-refractivity contribution in [1.82, 2.24) is 15.3 Å². The molecule has 30 heavy (non-hydrogen) atoms. The largest absolute Gasteiger partial charge is 0.376 e. The highest BCUT2D eigenvalue weighted by atomic mass is 35.5. The van der Waals surface area contributed by atoms with E-state index in [0.717, 1.165) is 47.1 Å². The topological polar surface area (TPSA) is 67.0 Å². The molecule has 0 spiro atoms. The number of nitrogens with zero attached hydrogens (tertiary/aromatic N) is 1. The summed E-state index contributed by atoms with van der Waals surface area (Å²) in [7, 11) is 0. The summed E-state index contributed by atoms with van der Waals surface area (Å²) in [4.78, 5) is 20.5. The Labute approximate surface area is 189 Å². The fourth-order valence-corrected chi connectivity index (χ4v) is 4.33. The molecule has 1 unspecified atom stereocenters. The molecule has 0 saturated carbocycles. The first-order valence-electron chi connectivity index (χ1n) is 9.71. The number of carbonyl (C=O) groups is 1. The van der Waals surface area contributed by atoms with Gasteiger partial charge < -0.3 is 15.0 Å². The third-order valence-electron chi connectivity index (χ3n) is 4.81. The van der Waals surface area contributed by atoms with Crippen LogP contribution >= 0.6 is 35.0 Å². The number of thioether (sulfide) groups is 1. The van der Waals surface area contributed by atoms with Crippen LogP contribution in [0, 0.1) is 0 Å². The fourth-order valence-electron chi connectivity index (χ4n) is 3.24. The van der Waals surface area contributed by atoms with E-state index < -0.39 is 0 Å². The van der Waals surface area contributed by atoms with Crippen molar-refractivity contribution in [3.8, 4) is 22.6 Å². The number of H-pyrrole nitrogens is 1. The lowest BCUT2D eigenvalue weighted by Crippen LogP contribution is -2.32. The number of benzene rings is 2. The Morgan fingerprint density at radius 3 is 2.40 bits per heavy atom. The number of hydrogen-bond donors (Lipinski definition) is 2. The molecule has 1 saturated heterocycles. The summed E-state index contributed by atoms with van der Waals surface area (Å²) in [6.07, 6.45) is 2.18. The molecule has 5 nitrogen and oxygen atoms in total. The number of rotatable bonds is 7. The van der Waals surface area contributed by atoms with Gasteiger partial charge >= 0.3 is 0 Å². The number of hydrogen-bond acceptors (Lipinski definition) is 4. The van der Waals surface area contributed by atoms with Crippen LogP contribution in [0.5, 0.6) is 0 Å². The van der Waals surface area contributed by atoms with Gasteiger partial charge in [-0.25, -0.2) is 4.98 Å². The molecule has 1 amide bonds. The maximum absolute atomic E-state index is 12.3. The Bertz CT molecular complexity index is 1000. The van der Waals surface area contributed by atoms with Crippen LogP contribution in [0.25, 0.3) is 22.6 Å². The molecule has 156 valence electrons. The van der Waals surface area contributed by atoms with Gasteiger partial charge in [0.15, 0.2) is 0 Å². The van der Waals surface area contributed by atoms with Crippen LogP contribution in [0.1, 0.15) is 12.8 Å². The molecule has 3 aromatic rings. The summed E-state index contributed by atoms with van der Waals surface area (Å²) in [5, 5.41) is 5.04.